The zero-order valence-electron chi connectivity index (χ0n) is 10.9. The number of aromatic nitrogens is 1. The van der Waals surface area contributed by atoms with E-state index < -0.39 is 9.84 Å². The van der Waals surface area contributed by atoms with Gasteiger partial charge in [0.2, 0.25) is 0 Å². The molecule has 0 bridgehead atoms. The maximum Gasteiger partial charge on any atom is 0.181 e. The average Bonchev–Trinajstić information content (AvgIpc) is 2.49. The standard InChI is InChI=1S/C14H11BrN2O3S/c15-14-13(2-1-7-17-14)20-8-9-21(18,19)12-5-3-11(10-16)4-6-12/h1-7H,8-9H2. The van der Waals surface area contributed by atoms with Crippen LogP contribution >= 0.6 is 15.9 Å². The molecule has 0 radical (unpaired) electrons. The second kappa shape index (κ2) is 6.70. The van der Waals surface area contributed by atoms with Crippen molar-refractivity contribution in [1.82, 2.24) is 4.98 Å². The Hall–Kier alpha value is -1.91. The normalized spacial score (nSPS) is 10.9. The summed E-state index contributed by atoms with van der Waals surface area (Å²) >= 11 is 3.22. The van der Waals surface area contributed by atoms with Gasteiger partial charge in [-0.15, -0.1) is 0 Å². The van der Waals surface area contributed by atoms with Crippen molar-refractivity contribution in [2.75, 3.05) is 12.4 Å². The van der Waals surface area contributed by atoms with Crippen LogP contribution in [-0.4, -0.2) is 25.8 Å². The Morgan fingerprint density at radius 2 is 1.95 bits per heavy atom. The maximum absolute atomic E-state index is 12.1. The van der Waals surface area contributed by atoms with Gasteiger partial charge in [-0.2, -0.15) is 5.26 Å². The number of nitrogens with zero attached hydrogens (tertiary/aromatic N) is 2. The Kier molecular flexibility index (Phi) is 4.94. The van der Waals surface area contributed by atoms with Gasteiger partial charge in [-0.1, -0.05) is 0 Å². The smallest absolute Gasteiger partial charge is 0.181 e. The van der Waals surface area contributed by atoms with Crippen molar-refractivity contribution in [2.24, 2.45) is 0 Å². The van der Waals surface area contributed by atoms with Gasteiger partial charge in [0.1, 0.15) is 11.2 Å². The number of pyridine rings is 1. The Morgan fingerprint density at radius 1 is 1.24 bits per heavy atom. The molecule has 0 spiro atoms. The molecule has 7 heteroatoms. The number of benzene rings is 1. The van der Waals surface area contributed by atoms with E-state index in [0.29, 0.717) is 15.9 Å². The summed E-state index contributed by atoms with van der Waals surface area (Å²) in [4.78, 5) is 4.16. The number of sulfone groups is 1. The Balaban J connectivity index is 2.01. The molecule has 0 aliphatic heterocycles. The van der Waals surface area contributed by atoms with Gasteiger partial charge in [0.25, 0.3) is 0 Å². The lowest BCUT2D eigenvalue weighted by Gasteiger charge is -2.08. The highest BCUT2D eigenvalue weighted by atomic mass is 79.9. The van der Waals surface area contributed by atoms with E-state index >= 15 is 0 Å². The molecule has 2 rings (SSSR count). The van der Waals surface area contributed by atoms with E-state index in [9.17, 15) is 8.42 Å². The summed E-state index contributed by atoms with van der Waals surface area (Å²) in [6.07, 6.45) is 1.60. The third kappa shape index (κ3) is 4.03. The zero-order chi connectivity index (χ0) is 15.3. The molecule has 0 unspecified atom stereocenters. The van der Waals surface area contributed by atoms with Gasteiger partial charge in [0, 0.05) is 6.20 Å². The molecule has 0 saturated heterocycles. The van der Waals surface area contributed by atoms with Crippen molar-refractivity contribution >= 4 is 25.8 Å². The summed E-state index contributed by atoms with van der Waals surface area (Å²) in [6, 6.07) is 11.2. The molecule has 2 aromatic rings. The molecular weight excluding hydrogens is 356 g/mol. The van der Waals surface area contributed by atoms with Crippen LogP contribution in [0.2, 0.25) is 0 Å². The van der Waals surface area contributed by atoms with Gasteiger partial charge < -0.3 is 4.74 Å². The minimum atomic E-state index is -3.44. The molecule has 1 aromatic carbocycles. The highest BCUT2D eigenvalue weighted by Gasteiger charge is 2.15. The van der Waals surface area contributed by atoms with Crippen LogP contribution in [0.5, 0.6) is 5.75 Å². The molecule has 0 fully saturated rings. The molecule has 108 valence electrons. The summed E-state index contributed by atoms with van der Waals surface area (Å²) in [6.45, 7) is 0.0205. The van der Waals surface area contributed by atoms with Gasteiger partial charge in [-0.3, -0.25) is 0 Å². The van der Waals surface area contributed by atoms with Crippen LogP contribution in [0.15, 0.2) is 52.1 Å². The van der Waals surface area contributed by atoms with Crippen molar-refractivity contribution in [3.63, 3.8) is 0 Å². The van der Waals surface area contributed by atoms with Crippen LogP contribution < -0.4 is 4.74 Å². The summed E-state index contributed by atoms with van der Waals surface area (Å²) in [5.74, 6) is 0.341. The molecular formula is C14H11BrN2O3S. The molecule has 0 saturated carbocycles. The Labute approximate surface area is 131 Å². The molecule has 0 amide bonds. The number of hydrogen-bond donors (Lipinski definition) is 0. The second-order valence-corrected chi connectivity index (χ2v) is 6.96. The monoisotopic (exact) mass is 366 g/mol. The molecule has 5 nitrogen and oxygen atoms in total. The number of rotatable bonds is 5. The minimum Gasteiger partial charge on any atom is -0.490 e. The third-order valence-corrected chi connectivity index (χ3v) is 4.97. The van der Waals surface area contributed by atoms with E-state index in [1.165, 1.54) is 24.3 Å². The van der Waals surface area contributed by atoms with Crippen LogP contribution in [0.25, 0.3) is 0 Å². The van der Waals surface area contributed by atoms with Crippen molar-refractivity contribution < 1.29 is 13.2 Å². The average molecular weight is 367 g/mol. The lowest BCUT2D eigenvalue weighted by Crippen LogP contribution is -2.14. The van der Waals surface area contributed by atoms with E-state index in [4.69, 9.17) is 10.00 Å². The van der Waals surface area contributed by atoms with Crippen molar-refractivity contribution in [2.45, 2.75) is 4.90 Å². The first-order valence-corrected chi connectivity index (χ1v) is 8.44. The van der Waals surface area contributed by atoms with Gasteiger partial charge >= 0.3 is 0 Å². The van der Waals surface area contributed by atoms with E-state index in [2.05, 4.69) is 20.9 Å². The fourth-order valence-electron chi connectivity index (χ4n) is 1.59. The van der Waals surface area contributed by atoms with Gasteiger partial charge in [0.05, 0.1) is 22.3 Å². The summed E-state index contributed by atoms with van der Waals surface area (Å²) in [5.41, 5.74) is 0.421. The zero-order valence-corrected chi connectivity index (χ0v) is 13.3. The van der Waals surface area contributed by atoms with Crippen LogP contribution in [0.1, 0.15) is 5.56 Å². The summed E-state index contributed by atoms with van der Waals surface area (Å²) in [5, 5.41) is 8.69. The van der Waals surface area contributed by atoms with Crippen LogP contribution in [0.4, 0.5) is 0 Å². The van der Waals surface area contributed by atoms with E-state index in [0.717, 1.165) is 0 Å². The van der Waals surface area contributed by atoms with Crippen LogP contribution in [0.3, 0.4) is 0 Å². The predicted octanol–water partition coefficient (Wildman–Crippen LogP) is 2.57. The maximum atomic E-state index is 12.1. The first-order valence-electron chi connectivity index (χ1n) is 5.99. The highest BCUT2D eigenvalue weighted by Crippen LogP contribution is 2.21. The largest absolute Gasteiger partial charge is 0.490 e. The summed E-state index contributed by atoms with van der Waals surface area (Å²) < 4.78 is 30.2. The van der Waals surface area contributed by atoms with Crippen molar-refractivity contribution in [3.05, 3.63) is 52.8 Å². The van der Waals surface area contributed by atoms with Crippen LogP contribution in [0, 0.1) is 11.3 Å². The first kappa shape index (κ1) is 15.5. The van der Waals surface area contributed by atoms with E-state index in [1.54, 1.807) is 18.3 Å². The molecule has 21 heavy (non-hydrogen) atoms. The lowest BCUT2D eigenvalue weighted by atomic mass is 10.2. The minimum absolute atomic E-state index is 0.0205. The van der Waals surface area contributed by atoms with Gasteiger partial charge in [-0.25, -0.2) is 13.4 Å². The highest BCUT2D eigenvalue weighted by molar-refractivity contribution is 9.10. The number of ether oxygens (including phenoxy) is 1. The topological polar surface area (TPSA) is 80.0 Å². The van der Waals surface area contributed by atoms with E-state index in [1.807, 2.05) is 6.07 Å². The molecule has 0 aliphatic carbocycles. The van der Waals surface area contributed by atoms with Gasteiger partial charge in [0.15, 0.2) is 15.6 Å². The quantitative estimate of drug-likeness (QED) is 0.759. The predicted molar refractivity (Wildman–Crippen MR) is 80.6 cm³/mol. The second-order valence-electron chi connectivity index (χ2n) is 4.10. The molecule has 0 aliphatic rings. The molecule has 0 atom stereocenters. The summed E-state index contributed by atoms with van der Waals surface area (Å²) in [7, 11) is -3.44. The first-order chi connectivity index (χ1) is 10.0. The van der Waals surface area contributed by atoms with Crippen molar-refractivity contribution in [3.8, 4) is 11.8 Å². The molecule has 1 aromatic heterocycles. The lowest BCUT2D eigenvalue weighted by molar-refractivity contribution is 0.337. The number of nitriles is 1. The fraction of sp³-hybridized carbons (Fsp3) is 0.143. The SMILES string of the molecule is N#Cc1ccc(S(=O)(=O)CCOc2cccnc2Br)cc1. The van der Waals surface area contributed by atoms with Crippen LogP contribution in [-0.2, 0) is 9.84 Å². The third-order valence-electron chi connectivity index (χ3n) is 2.68. The molecule has 1 heterocycles. The van der Waals surface area contributed by atoms with Crippen molar-refractivity contribution in [1.29, 1.82) is 5.26 Å². The number of halogens is 1. The number of hydrogen-bond acceptors (Lipinski definition) is 5. The van der Waals surface area contributed by atoms with Gasteiger partial charge in [-0.05, 0) is 52.3 Å². The Morgan fingerprint density at radius 3 is 2.57 bits per heavy atom. The Bertz CT molecular complexity index is 768. The van der Waals surface area contributed by atoms with E-state index in [-0.39, 0.29) is 17.3 Å². The molecule has 0 N–H and O–H groups in total. The fourth-order valence-corrected chi connectivity index (χ4v) is 3.05.